The van der Waals surface area contributed by atoms with Crippen molar-refractivity contribution >= 4 is 12.1 Å². The number of benzene rings is 2. The average Bonchev–Trinajstić information content (AvgIpc) is 2.81. The lowest BCUT2D eigenvalue weighted by molar-refractivity contribution is -0.200. The van der Waals surface area contributed by atoms with Gasteiger partial charge < -0.3 is 14.4 Å². The SMILES string of the molecule is C[C@@H](c1cccc(C#N)c1)N1CC[C@@](CCCOC(=O)C(F)(F)F)(c2ccc(F)cc2)OC1=O. The molecule has 0 bridgehead atoms. The van der Waals surface area contributed by atoms with Gasteiger partial charge in [0.1, 0.15) is 11.4 Å². The minimum absolute atomic E-state index is 0.00769. The molecule has 180 valence electrons. The molecule has 0 aromatic heterocycles. The fraction of sp³-hybridized carbons (Fsp3) is 0.375. The average molecular weight is 478 g/mol. The van der Waals surface area contributed by atoms with Crippen LogP contribution in [0.4, 0.5) is 22.4 Å². The maximum absolute atomic E-state index is 13.5. The molecule has 1 amide bonds. The second-order valence-electron chi connectivity index (χ2n) is 7.96. The first-order chi connectivity index (χ1) is 16.1. The van der Waals surface area contributed by atoms with Crippen molar-refractivity contribution in [3.8, 4) is 6.07 Å². The molecule has 34 heavy (non-hydrogen) atoms. The predicted octanol–water partition coefficient (Wildman–Crippen LogP) is 5.38. The molecule has 1 saturated heterocycles. The van der Waals surface area contributed by atoms with Crippen LogP contribution in [0.15, 0.2) is 48.5 Å². The van der Waals surface area contributed by atoms with E-state index in [0.717, 1.165) is 5.56 Å². The molecule has 0 radical (unpaired) electrons. The molecule has 0 aliphatic carbocycles. The van der Waals surface area contributed by atoms with Crippen LogP contribution in [0.1, 0.15) is 48.9 Å². The Balaban J connectivity index is 1.76. The standard InChI is InChI=1S/C24H22F4N2O4/c1-16(18-5-2-4-17(14-18)15-29)30-12-11-23(34-22(30)32,19-6-8-20(25)9-7-19)10-3-13-33-21(31)24(26,27)28/h2,4-9,14,16H,3,10-13H2,1H3/t16-,23-/m0/s1. The van der Waals surface area contributed by atoms with Crippen molar-refractivity contribution in [1.29, 1.82) is 5.26 Å². The van der Waals surface area contributed by atoms with Crippen LogP contribution in [0.5, 0.6) is 0 Å². The van der Waals surface area contributed by atoms with Gasteiger partial charge in [0, 0.05) is 13.0 Å². The van der Waals surface area contributed by atoms with Crippen LogP contribution < -0.4 is 0 Å². The number of hydrogen-bond acceptors (Lipinski definition) is 5. The molecule has 2 atom stereocenters. The first kappa shape index (κ1) is 25.0. The first-order valence-electron chi connectivity index (χ1n) is 10.6. The Kier molecular flexibility index (Phi) is 7.44. The normalized spacial score (nSPS) is 19.2. The van der Waals surface area contributed by atoms with E-state index in [4.69, 9.17) is 10.00 Å². The second-order valence-corrected chi connectivity index (χ2v) is 7.96. The Morgan fingerprint density at radius 1 is 1.26 bits per heavy atom. The molecule has 3 rings (SSSR count). The number of carbonyl (C=O) groups is 2. The molecular weight excluding hydrogens is 456 g/mol. The number of ether oxygens (including phenoxy) is 2. The van der Waals surface area contributed by atoms with E-state index in [1.807, 2.05) is 6.07 Å². The van der Waals surface area contributed by atoms with Gasteiger partial charge in [-0.25, -0.2) is 14.0 Å². The molecule has 6 nitrogen and oxygen atoms in total. The van der Waals surface area contributed by atoms with Gasteiger partial charge in [0.05, 0.1) is 24.3 Å². The number of cyclic esters (lactones) is 1. The van der Waals surface area contributed by atoms with Crippen LogP contribution in [-0.2, 0) is 19.9 Å². The second kappa shape index (κ2) is 10.1. The summed E-state index contributed by atoms with van der Waals surface area (Å²) in [5, 5.41) is 9.13. The summed E-state index contributed by atoms with van der Waals surface area (Å²) in [5.74, 6) is -2.78. The summed E-state index contributed by atoms with van der Waals surface area (Å²) in [6.07, 6.45) is -5.41. The highest BCUT2D eigenvalue weighted by Crippen LogP contribution is 2.40. The first-order valence-corrected chi connectivity index (χ1v) is 10.6. The highest BCUT2D eigenvalue weighted by Gasteiger charge is 2.44. The van der Waals surface area contributed by atoms with E-state index in [-0.39, 0.29) is 25.8 Å². The lowest BCUT2D eigenvalue weighted by Crippen LogP contribution is -2.48. The molecule has 0 unspecified atom stereocenters. The van der Waals surface area contributed by atoms with Crippen molar-refractivity contribution in [2.45, 2.75) is 44.0 Å². The molecule has 0 saturated carbocycles. The third-order valence-corrected chi connectivity index (χ3v) is 5.80. The monoisotopic (exact) mass is 478 g/mol. The highest BCUT2D eigenvalue weighted by molar-refractivity contribution is 5.75. The fourth-order valence-electron chi connectivity index (χ4n) is 3.95. The number of carbonyl (C=O) groups excluding carboxylic acids is 2. The Hall–Kier alpha value is -3.61. The number of rotatable bonds is 7. The summed E-state index contributed by atoms with van der Waals surface area (Å²) in [5.41, 5.74) is 0.455. The minimum atomic E-state index is -5.09. The van der Waals surface area contributed by atoms with Crippen LogP contribution in [0.25, 0.3) is 0 Å². The quantitative estimate of drug-likeness (QED) is 0.303. The van der Waals surface area contributed by atoms with Crippen molar-refractivity contribution in [1.82, 2.24) is 4.90 Å². The van der Waals surface area contributed by atoms with E-state index >= 15 is 0 Å². The van der Waals surface area contributed by atoms with Crippen LogP contribution in [-0.4, -0.2) is 36.3 Å². The molecule has 0 N–H and O–H groups in total. The number of nitriles is 1. The van der Waals surface area contributed by atoms with Crippen molar-refractivity contribution in [3.05, 3.63) is 71.0 Å². The zero-order valence-electron chi connectivity index (χ0n) is 18.3. The number of nitrogens with zero attached hydrogens (tertiary/aromatic N) is 2. The van der Waals surface area contributed by atoms with Crippen molar-refractivity contribution in [2.75, 3.05) is 13.2 Å². The summed E-state index contributed by atoms with van der Waals surface area (Å²) >= 11 is 0. The number of esters is 1. The van der Waals surface area contributed by atoms with E-state index in [1.165, 1.54) is 29.2 Å². The van der Waals surface area contributed by atoms with E-state index in [1.54, 1.807) is 31.2 Å². The van der Waals surface area contributed by atoms with Gasteiger partial charge in [-0.05, 0) is 55.2 Å². The smallest absolute Gasteiger partial charge is 0.459 e. The predicted molar refractivity (Wildman–Crippen MR) is 112 cm³/mol. The zero-order chi connectivity index (χ0) is 24.9. The minimum Gasteiger partial charge on any atom is -0.459 e. The van der Waals surface area contributed by atoms with Gasteiger partial charge in [-0.15, -0.1) is 0 Å². The van der Waals surface area contributed by atoms with Gasteiger partial charge in [0.15, 0.2) is 0 Å². The Labute approximate surface area is 193 Å². The zero-order valence-corrected chi connectivity index (χ0v) is 18.3. The molecule has 2 aromatic carbocycles. The molecule has 2 aromatic rings. The lowest BCUT2D eigenvalue weighted by Gasteiger charge is -2.43. The van der Waals surface area contributed by atoms with E-state index in [9.17, 15) is 27.2 Å². The van der Waals surface area contributed by atoms with Gasteiger partial charge in [-0.2, -0.15) is 18.4 Å². The van der Waals surface area contributed by atoms with E-state index < -0.39 is 42.3 Å². The molecule has 1 fully saturated rings. The molecule has 0 spiro atoms. The molecule has 1 heterocycles. The Morgan fingerprint density at radius 3 is 2.59 bits per heavy atom. The topological polar surface area (TPSA) is 79.6 Å². The summed E-state index contributed by atoms with van der Waals surface area (Å²) in [6, 6.07) is 13.8. The van der Waals surface area contributed by atoms with Crippen molar-refractivity contribution in [2.24, 2.45) is 0 Å². The van der Waals surface area contributed by atoms with Gasteiger partial charge in [0.25, 0.3) is 0 Å². The summed E-state index contributed by atoms with van der Waals surface area (Å²) in [6.45, 7) is 1.52. The van der Waals surface area contributed by atoms with Crippen molar-refractivity contribution < 1.29 is 36.6 Å². The van der Waals surface area contributed by atoms with Crippen LogP contribution in [0, 0.1) is 17.1 Å². The maximum atomic E-state index is 13.5. The van der Waals surface area contributed by atoms with Gasteiger partial charge in [-0.3, -0.25) is 0 Å². The molecule has 1 aliphatic heterocycles. The number of alkyl halides is 3. The van der Waals surface area contributed by atoms with E-state index in [2.05, 4.69) is 4.74 Å². The van der Waals surface area contributed by atoms with Gasteiger partial charge >= 0.3 is 18.2 Å². The van der Waals surface area contributed by atoms with Gasteiger partial charge in [-0.1, -0.05) is 24.3 Å². The summed E-state index contributed by atoms with van der Waals surface area (Å²) in [7, 11) is 0. The third kappa shape index (κ3) is 5.65. The Bertz CT molecular complexity index is 1080. The van der Waals surface area contributed by atoms with Crippen molar-refractivity contribution in [3.63, 3.8) is 0 Å². The van der Waals surface area contributed by atoms with Crippen LogP contribution >= 0.6 is 0 Å². The largest absolute Gasteiger partial charge is 0.490 e. The molecular formula is C24H22F4N2O4. The van der Waals surface area contributed by atoms with Crippen LogP contribution in [0.3, 0.4) is 0 Å². The maximum Gasteiger partial charge on any atom is 0.490 e. The number of amides is 1. The van der Waals surface area contributed by atoms with Crippen LogP contribution in [0.2, 0.25) is 0 Å². The molecule has 1 aliphatic rings. The van der Waals surface area contributed by atoms with Gasteiger partial charge in [0.2, 0.25) is 0 Å². The van der Waals surface area contributed by atoms with E-state index in [0.29, 0.717) is 11.1 Å². The summed E-state index contributed by atoms with van der Waals surface area (Å²) < 4.78 is 60.7. The lowest BCUT2D eigenvalue weighted by atomic mass is 9.84. The number of hydrogen-bond donors (Lipinski definition) is 0. The number of halogens is 4. The third-order valence-electron chi connectivity index (χ3n) is 5.80. The molecule has 10 heteroatoms. The fourth-order valence-corrected chi connectivity index (χ4v) is 3.95. The summed E-state index contributed by atoms with van der Waals surface area (Å²) in [4.78, 5) is 25.5. The highest BCUT2D eigenvalue weighted by atomic mass is 19.4. The Morgan fingerprint density at radius 2 is 1.97 bits per heavy atom.